The zero-order valence-electron chi connectivity index (χ0n) is 31.5. The van der Waals surface area contributed by atoms with E-state index in [2.05, 4.69) is 199 Å². The molecule has 8 aromatic rings. The summed E-state index contributed by atoms with van der Waals surface area (Å²) >= 11 is 0. The molecule has 0 aliphatic carbocycles. The van der Waals surface area contributed by atoms with Crippen LogP contribution < -0.4 is 9.80 Å². The number of anilines is 6. The number of nitrogens with zero attached hydrogens (tertiary/aromatic N) is 4. The lowest BCUT2D eigenvalue weighted by Crippen LogP contribution is -2.14. The lowest BCUT2D eigenvalue weighted by atomic mass is 9.87. The van der Waals surface area contributed by atoms with Crippen LogP contribution in [-0.4, -0.2) is 9.97 Å². The highest BCUT2D eigenvalue weighted by Crippen LogP contribution is 2.44. The number of rotatable bonds is 6. The van der Waals surface area contributed by atoms with Gasteiger partial charge in [0.2, 0.25) is 0 Å². The molecule has 0 radical (unpaired) electrons. The zero-order valence-corrected chi connectivity index (χ0v) is 31.5. The van der Waals surface area contributed by atoms with Crippen molar-refractivity contribution in [2.24, 2.45) is 0 Å². The van der Waals surface area contributed by atoms with Crippen LogP contribution in [0.25, 0.3) is 32.3 Å². The van der Waals surface area contributed by atoms with Crippen molar-refractivity contribution in [3.63, 3.8) is 0 Å². The molecule has 258 valence electrons. The quantitative estimate of drug-likeness (QED) is 0.164. The van der Waals surface area contributed by atoms with Gasteiger partial charge >= 0.3 is 0 Å². The van der Waals surface area contributed by atoms with Gasteiger partial charge in [0.1, 0.15) is 11.6 Å². The summed E-state index contributed by atoms with van der Waals surface area (Å²) in [6.45, 7) is 17.6. The third kappa shape index (κ3) is 6.13. The third-order valence-electron chi connectivity index (χ3n) is 10.2. The molecule has 2 heterocycles. The van der Waals surface area contributed by atoms with Gasteiger partial charge in [-0.2, -0.15) is 0 Å². The van der Waals surface area contributed by atoms with Crippen LogP contribution in [0.15, 0.2) is 133 Å². The predicted octanol–water partition coefficient (Wildman–Crippen LogP) is 13.5. The molecule has 0 N–H and O–H groups in total. The fourth-order valence-electron chi connectivity index (χ4n) is 7.42. The van der Waals surface area contributed by atoms with Gasteiger partial charge in [-0.25, -0.2) is 9.97 Å². The van der Waals surface area contributed by atoms with Crippen LogP contribution in [0, 0.1) is 13.8 Å². The standard InChI is InChI=1S/C48H46N4/c1-31-11-9-13-43(49-31)51(39-23-19-37(20-24-39)47(3,4)5)41-27-33-15-17-35-29-42(30-36-18-16-34(28-41)45(33)46(35)36)52(44-14-10-12-32(2)50-44)40-25-21-38(22-26-40)48(6,7)8/h9-30H,1-8H3. The molecule has 0 bridgehead atoms. The van der Waals surface area contributed by atoms with Crippen molar-refractivity contribution in [3.05, 3.63) is 156 Å². The van der Waals surface area contributed by atoms with Crippen LogP contribution in [0.4, 0.5) is 34.4 Å². The molecule has 0 aliphatic rings. The Balaban J connectivity index is 1.28. The predicted molar refractivity (Wildman–Crippen MR) is 222 cm³/mol. The van der Waals surface area contributed by atoms with Crippen molar-refractivity contribution in [1.29, 1.82) is 0 Å². The minimum Gasteiger partial charge on any atom is -0.295 e. The van der Waals surface area contributed by atoms with E-state index in [0.29, 0.717) is 0 Å². The highest BCUT2D eigenvalue weighted by molar-refractivity contribution is 6.24. The third-order valence-corrected chi connectivity index (χ3v) is 10.2. The van der Waals surface area contributed by atoms with Crippen molar-refractivity contribution >= 4 is 66.7 Å². The molecule has 0 saturated carbocycles. The smallest absolute Gasteiger partial charge is 0.137 e. The van der Waals surface area contributed by atoms with Crippen molar-refractivity contribution in [3.8, 4) is 0 Å². The molecule has 0 atom stereocenters. The Morgan fingerprint density at radius 3 is 1.00 bits per heavy atom. The van der Waals surface area contributed by atoms with Crippen LogP contribution in [0.5, 0.6) is 0 Å². The lowest BCUT2D eigenvalue weighted by molar-refractivity contribution is 0.590. The minimum absolute atomic E-state index is 0.0754. The molecule has 52 heavy (non-hydrogen) atoms. The minimum atomic E-state index is 0.0754. The molecule has 4 heteroatoms. The second kappa shape index (κ2) is 12.5. The van der Waals surface area contributed by atoms with Gasteiger partial charge in [-0.05, 0) is 141 Å². The Kier molecular flexibility index (Phi) is 8.02. The molecule has 6 aromatic carbocycles. The first kappa shape index (κ1) is 33.4. The summed E-state index contributed by atoms with van der Waals surface area (Å²) in [5.74, 6) is 1.81. The number of hydrogen-bond donors (Lipinski definition) is 0. The van der Waals surface area contributed by atoms with Crippen molar-refractivity contribution < 1.29 is 0 Å². The van der Waals surface area contributed by atoms with Crippen LogP contribution in [-0.2, 0) is 10.8 Å². The number of aryl methyl sites for hydroxylation is 2. The van der Waals surface area contributed by atoms with Gasteiger partial charge in [0.15, 0.2) is 0 Å². The first-order chi connectivity index (χ1) is 24.8. The summed E-state index contributed by atoms with van der Waals surface area (Å²) in [5.41, 5.74) is 9.09. The van der Waals surface area contributed by atoms with Crippen molar-refractivity contribution in [1.82, 2.24) is 9.97 Å². The van der Waals surface area contributed by atoms with E-state index in [0.717, 1.165) is 45.8 Å². The second-order valence-electron chi connectivity index (χ2n) is 16.2. The monoisotopic (exact) mass is 678 g/mol. The molecule has 0 spiro atoms. The van der Waals surface area contributed by atoms with Crippen molar-refractivity contribution in [2.75, 3.05) is 9.80 Å². The normalized spacial score (nSPS) is 12.2. The average molecular weight is 679 g/mol. The van der Waals surface area contributed by atoms with E-state index in [1.165, 1.54) is 43.4 Å². The van der Waals surface area contributed by atoms with Crippen LogP contribution in [0.1, 0.15) is 64.1 Å². The number of pyridine rings is 2. The first-order valence-corrected chi connectivity index (χ1v) is 18.2. The Morgan fingerprint density at radius 2 is 0.712 bits per heavy atom. The van der Waals surface area contributed by atoms with E-state index in [1.807, 2.05) is 0 Å². The van der Waals surface area contributed by atoms with E-state index in [1.54, 1.807) is 0 Å². The summed E-state index contributed by atoms with van der Waals surface area (Å²) in [6.07, 6.45) is 0. The fourth-order valence-corrected chi connectivity index (χ4v) is 7.42. The van der Waals surface area contributed by atoms with Gasteiger partial charge in [0, 0.05) is 34.1 Å². The van der Waals surface area contributed by atoms with Gasteiger partial charge < -0.3 is 0 Å². The number of hydrogen-bond acceptors (Lipinski definition) is 4. The topological polar surface area (TPSA) is 32.3 Å². The van der Waals surface area contributed by atoms with Gasteiger partial charge in [-0.1, -0.05) is 102 Å². The summed E-state index contributed by atoms with van der Waals surface area (Å²) < 4.78 is 0. The number of benzene rings is 6. The van der Waals surface area contributed by atoms with E-state index >= 15 is 0 Å². The molecular weight excluding hydrogens is 633 g/mol. The molecule has 0 amide bonds. The molecule has 8 rings (SSSR count). The largest absolute Gasteiger partial charge is 0.295 e. The summed E-state index contributed by atoms with van der Waals surface area (Å²) in [7, 11) is 0. The van der Waals surface area contributed by atoms with E-state index < -0.39 is 0 Å². The first-order valence-electron chi connectivity index (χ1n) is 18.2. The van der Waals surface area contributed by atoms with E-state index in [9.17, 15) is 0 Å². The Morgan fingerprint density at radius 1 is 0.385 bits per heavy atom. The van der Waals surface area contributed by atoms with Gasteiger partial charge in [-0.15, -0.1) is 0 Å². The fraction of sp³-hybridized carbons (Fsp3) is 0.208. The Bertz CT molecular complexity index is 2310. The van der Waals surface area contributed by atoms with Crippen LogP contribution in [0.2, 0.25) is 0 Å². The summed E-state index contributed by atoms with van der Waals surface area (Å²) in [4.78, 5) is 14.5. The van der Waals surface area contributed by atoms with Gasteiger partial charge in [0.25, 0.3) is 0 Å². The Labute approximate surface area is 307 Å². The average Bonchev–Trinajstić information content (AvgIpc) is 3.10. The maximum Gasteiger partial charge on any atom is 0.137 e. The maximum absolute atomic E-state index is 4.99. The number of aromatic nitrogens is 2. The van der Waals surface area contributed by atoms with Gasteiger partial charge in [-0.3, -0.25) is 9.80 Å². The molecule has 0 unspecified atom stereocenters. The molecule has 4 nitrogen and oxygen atoms in total. The van der Waals surface area contributed by atoms with Crippen LogP contribution in [0.3, 0.4) is 0 Å². The SMILES string of the molecule is Cc1cccc(N(c2ccc(C(C)(C)C)cc2)c2cc3ccc4cc(N(c5ccc(C(C)(C)C)cc5)c5cccc(C)n5)cc5ccc(c2)c3c45)n1. The van der Waals surface area contributed by atoms with E-state index in [4.69, 9.17) is 9.97 Å². The van der Waals surface area contributed by atoms with Crippen LogP contribution >= 0.6 is 0 Å². The zero-order chi connectivity index (χ0) is 36.4. The Hall–Kier alpha value is -5.74. The molecule has 2 aromatic heterocycles. The molecule has 0 saturated heterocycles. The summed E-state index contributed by atoms with van der Waals surface area (Å²) in [5, 5.41) is 7.38. The molecule has 0 aliphatic heterocycles. The van der Waals surface area contributed by atoms with Crippen molar-refractivity contribution in [2.45, 2.75) is 66.2 Å². The second-order valence-corrected chi connectivity index (χ2v) is 16.2. The molecule has 0 fully saturated rings. The van der Waals surface area contributed by atoms with E-state index in [-0.39, 0.29) is 10.8 Å². The lowest BCUT2D eigenvalue weighted by Gasteiger charge is -2.28. The highest BCUT2D eigenvalue weighted by Gasteiger charge is 2.22. The highest BCUT2D eigenvalue weighted by atomic mass is 15.2. The maximum atomic E-state index is 4.99. The molecular formula is C48H46N4. The van der Waals surface area contributed by atoms with Gasteiger partial charge in [0.05, 0.1) is 0 Å². The summed E-state index contributed by atoms with van der Waals surface area (Å²) in [6, 6.07) is 48.7.